The third-order valence-corrected chi connectivity index (χ3v) is 4.43. The van der Waals surface area contributed by atoms with Crippen LogP contribution in [0.25, 0.3) is 0 Å². The molecule has 1 amide bonds. The van der Waals surface area contributed by atoms with Gasteiger partial charge in [0.05, 0.1) is 26.5 Å². The summed E-state index contributed by atoms with van der Waals surface area (Å²) in [6, 6.07) is 13.4. The summed E-state index contributed by atoms with van der Waals surface area (Å²) in [4.78, 5) is 12.9. The lowest BCUT2D eigenvalue weighted by molar-refractivity contribution is -0.118. The number of carbonyl (C=O) groups excluding carboxylic acids is 1. The van der Waals surface area contributed by atoms with Crippen molar-refractivity contribution < 1.29 is 19.0 Å². The Morgan fingerprint density at radius 2 is 1.76 bits per heavy atom. The number of amides is 1. The number of hydrogen-bond donors (Lipinski definition) is 1. The SMILES string of the molecule is COc1ccc(SCC(=O)NCCOc2ccc(C)cc2)cc1OC. The highest BCUT2D eigenvalue weighted by Crippen LogP contribution is 2.31. The Morgan fingerprint density at radius 1 is 1.04 bits per heavy atom. The Bertz CT molecular complexity index is 688. The molecule has 0 radical (unpaired) electrons. The van der Waals surface area contributed by atoms with Crippen LogP contribution in [0.2, 0.25) is 0 Å². The first-order valence-corrected chi connectivity index (χ1v) is 8.92. The minimum Gasteiger partial charge on any atom is -0.493 e. The molecule has 2 aromatic carbocycles. The molecule has 25 heavy (non-hydrogen) atoms. The molecule has 0 spiro atoms. The molecule has 0 saturated carbocycles. The summed E-state index contributed by atoms with van der Waals surface area (Å²) in [5, 5.41) is 2.84. The Labute approximate surface area is 152 Å². The van der Waals surface area contributed by atoms with E-state index in [1.54, 1.807) is 14.2 Å². The van der Waals surface area contributed by atoms with Crippen LogP contribution in [-0.4, -0.2) is 39.0 Å². The van der Waals surface area contributed by atoms with Crippen LogP contribution in [0.1, 0.15) is 5.56 Å². The van der Waals surface area contributed by atoms with Gasteiger partial charge in [0.25, 0.3) is 0 Å². The van der Waals surface area contributed by atoms with Gasteiger partial charge in [-0.15, -0.1) is 11.8 Å². The van der Waals surface area contributed by atoms with Gasteiger partial charge >= 0.3 is 0 Å². The van der Waals surface area contributed by atoms with Gasteiger partial charge in [-0.1, -0.05) is 17.7 Å². The predicted molar refractivity (Wildman–Crippen MR) is 100.0 cm³/mol. The van der Waals surface area contributed by atoms with E-state index in [9.17, 15) is 4.79 Å². The van der Waals surface area contributed by atoms with Crippen molar-refractivity contribution in [3.05, 3.63) is 48.0 Å². The average molecular weight is 361 g/mol. The molecule has 0 aliphatic carbocycles. The molecule has 0 saturated heterocycles. The summed E-state index contributed by atoms with van der Waals surface area (Å²) < 4.78 is 16.0. The van der Waals surface area contributed by atoms with E-state index in [1.165, 1.54) is 17.3 Å². The molecule has 0 unspecified atom stereocenters. The van der Waals surface area contributed by atoms with E-state index in [4.69, 9.17) is 14.2 Å². The highest BCUT2D eigenvalue weighted by atomic mass is 32.2. The average Bonchev–Trinajstić information content (AvgIpc) is 2.64. The number of methoxy groups -OCH3 is 2. The number of thioether (sulfide) groups is 1. The number of aryl methyl sites for hydroxylation is 1. The van der Waals surface area contributed by atoms with E-state index >= 15 is 0 Å². The van der Waals surface area contributed by atoms with Gasteiger partial charge in [-0.3, -0.25) is 4.79 Å². The Balaban J connectivity index is 1.69. The highest BCUT2D eigenvalue weighted by molar-refractivity contribution is 8.00. The zero-order valence-electron chi connectivity index (χ0n) is 14.7. The second-order valence-electron chi connectivity index (χ2n) is 5.32. The van der Waals surface area contributed by atoms with Crippen molar-refractivity contribution in [3.63, 3.8) is 0 Å². The molecule has 1 N–H and O–H groups in total. The van der Waals surface area contributed by atoms with Gasteiger partial charge in [0.15, 0.2) is 11.5 Å². The van der Waals surface area contributed by atoms with Crippen LogP contribution in [0.3, 0.4) is 0 Å². The summed E-state index contributed by atoms with van der Waals surface area (Å²) in [7, 11) is 3.18. The van der Waals surface area contributed by atoms with E-state index in [0.29, 0.717) is 30.4 Å². The number of nitrogens with one attached hydrogen (secondary N) is 1. The van der Waals surface area contributed by atoms with Crippen LogP contribution >= 0.6 is 11.8 Å². The molecular weight excluding hydrogens is 338 g/mol. The maximum Gasteiger partial charge on any atom is 0.230 e. The van der Waals surface area contributed by atoms with E-state index in [-0.39, 0.29) is 5.91 Å². The van der Waals surface area contributed by atoms with Crippen molar-refractivity contribution in [1.29, 1.82) is 0 Å². The highest BCUT2D eigenvalue weighted by Gasteiger charge is 2.07. The number of rotatable bonds is 9. The van der Waals surface area contributed by atoms with Crippen molar-refractivity contribution in [2.75, 3.05) is 33.1 Å². The predicted octanol–water partition coefficient (Wildman–Crippen LogP) is 3.30. The van der Waals surface area contributed by atoms with Crippen molar-refractivity contribution in [2.24, 2.45) is 0 Å². The van der Waals surface area contributed by atoms with Gasteiger partial charge in [0, 0.05) is 4.90 Å². The molecule has 6 heteroatoms. The lowest BCUT2D eigenvalue weighted by atomic mass is 10.2. The molecule has 0 fully saturated rings. The zero-order valence-corrected chi connectivity index (χ0v) is 15.5. The number of hydrogen-bond acceptors (Lipinski definition) is 5. The fraction of sp³-hybridized carbons (Fsp3) is 0.316. The third kappa shape index (κ3) is 6.23. The van der Waals surface area contributed by atoms with E-state index in [2.05, 4.69) is 5.32 Å². The maximum absolute atomic E-state index is 11.9. The van der Waals surface area contributed by atoms with E-state index in [1.807, 2.05) is 49.4 Å². The van der Waals surface area contributed by atoms with E-state index in [0.717, 1.165) is 10.6 Å². The molecule has 0 aromatic heterocycles. The largest absolute Gasteiger partial charge is 0.493 e. The molecule has 2 aromatic rings. The quantitative estimate of drug-likeness (QED) is 0.549. The monoisotopic (exact) mass is 361 g/mol. The van der Waals surface area contributed by atoms with Crippen LogP contribution in [0, 0.1) is 6.92 Å². The molecule has 134 valence electrons. The minimum absolute atomic E-state index is 0.0349. The summed E-state index contributed by atoms with van der Waals surface area (Å²) in [6.45, 7) is 2.94. The second kappa shape index (κ2) is 9.84. The van der Waals surface area contributed by atoms with Gasteiger partial charge in [0.1, 0.15) is 12.4 Å². The second-order valence-corrected chi connectivity index (χ2v) is 6.37. The lowest BCUT2D eigenvalue weighted by Gasteiger charge is -2.10. The first-order chi connectivity index (χ1) is 12.1. The first-order valence-electron chi connectivity index (χ1n) is 7.93. The summed E-state index contributed by atoms with van der Waals surface area (Å²) in [5.41, 5.74) is 1.19. The standard InChI is InChI=1S/C19H23NO4S/c1-14-4-6-15(7-5-14)24-11-10-20-19(21)13-25-16-8-9-17(22-2)18(12-16)23-3/h4-9,12H,10-11,13H2,1-3H3,(H,20,21). The van der Waals surface area contributed by atoms with Crippen molar-refractivity contribution in [2.45, 2.75) is 11.8 Å². The molecule has 0 aliphatic heterocycles. The van der Waals surface area contributed by atoms with Crippen molar-refractivity contribution >= 4 is 17.7 Å². The smallest absolute Gasteiger partial charge is 0.230 e. The summed E-state index contributed by atoms with van der Waals surface area (Å²) >= 11 is 1.44. The molecule has 0 heterocycles. The van der Waals surface area contributed by atoms with Gasteiger partial charge in [0.2, 0.25) is 5.91 Å². The Morgan fingerprint density at radius 3 is 2.44 bits per heavy atom. The third-order valence-electron chi connectivity index (χ3n) is 3.44. The molecular formula is C19H23NO4S. The van der Waals surface area contributed by atoms with Gasteiger partial charge < -0.3 is 19.5 Å². The topological polar surface area (TPSA) is 56.8 Å². The summed E-state index contributed by atoms with van der Waals surface area (Å²) in [5.74, 6) is 2.43. The van der Waals surface area contributed by atoms with E-state index < -0.39 is 0 Å². The van der Waals surface area contributed by atoms with Crippen LogP contribution < -0.4 is 19.5 Å². The molecule has 0 bridgehead atoms. The Hall–Kier alpha value is -2.34. The van der Waals surface area contributed by atoms with Crippen LogP contribution in [0.4, 0.5) is 0 Å². The molecule has 2 rings (SSSR count). The number of ether oxygens (including phenoxy) is 3. The fourth-order valence-electron chi connectivity index (χ4n) is 2.10. The van der Waals surface area contributed by atoms with Gasteiger partial charge in [-0.2, -0.15) is 0 Å². The number of benzene rings is 2. The minimum atomic E-state index is -0.0349. The Kier molecular flexibility index (Phi) is 7.47. The lowest BCUT2D eigenvalue weighted by Crippen LogP contribution is -2.29. The van der Waals surface area contributed by atoms with Crippen molar-refractivity contribution in [3.8, 4) is 17.2 Å². The molecule has 5 nitrogen and oxygen atoms in total. The van der Waals surface area contributed by atoms with Crippen LogP contribution in [0.5, 0.6) is 17.2 Å². The fourth-order valence-corrected chi connectivity index (χ4v) is 2.85. The molecule has 0 aliphatic rings. The molecule has 0 atom stereocenters. The normalized spacial score (nSPS) is 10.2. The van der Waals surface area contributed by atoms with Crippen molar-refractivity contribution in [1.82, 2.24) is 5.32 Å². The van der Waals surface area contributed by atoms with Crippen LogP contribution in [0.15, 0.2) is 47.4 Å². The summed E-state index contributed by atoms with van der Waals surface area (Å²) in [6.07, 6.45) is 0. The first kappa shape index (κ1) is 19.0. The zero-order chi connectivity index (χ0) is 18.1. The van der Waals surface area contributed by atoms with Gasteiger partial charge in [-0.05, 0) is 37.3 Å². The maximum atomic E-state index is 11.9. The van der Waals surface area contributed by atoms with Crippen LogP contribution in [-0.2, 0) is 4.79 Å². The van der Waals surface area contributed by atoms with Gasteiger partial charge in [-0.25, -0.2) is 0 Å². The number of carbonyl (C=O) groups is 1.